The number of halogens is 1. The lowest BCUT2D eigenvalue weighted by molar-refractivity contribution is 0.0709. The molecule has 0 aliphatic carbocycles. The van der Waals surface area contributed by atoms with Crippen LogP contribution in [0.15, 0.2) is 119 Å². The number of phenolic OH excluding ortho intramolecular Hbond substituents is 1. The van der Waals surface area contributed by atoms with Gasteiger partial charge in [-0.05, 0) is 48.0 Å². The summed E-state index contributed by atoms with van der Waals surface area (Å²) in [5.74, 6) is 0.994. The van der Waals surface area contributed by atoms with Crippen molar-refractivity contribution in [3.63, 3.8) is 0 Å². The molecule has 7 heteroatoms. The van der Waals surface area contributed by atoms with Gasteiger partial charge >= 0.3 is 0 Å². The molecule has 0 saturated carbocycles. The van der Waals surface area contributed by atoms with Crippen molar-refractivity contribution in [3.05, 3.63) is 131 Å². The maximum absolute atomic E-state index is 13.7. The number of hydrazone groups is 1. The van der Waals surface area contributed by atoms with Crippen LogP contribution < -0.4 is 0 Å². The van der Waals surface area contributed by atoms with Gasteiger partial charge in [-0.25, -0.2) is 9.99 Å². The third-order valence-electron chi connectivity index (χ3n) is 6.53. The number of aromatic nitrogens is 1. The second-order valence-corrected chi connectivity index (χ2v) is 9.39. The Bertz CT molecular complexity index is 1630. The minimum atomic E-state index is -0.450. The number of rotatable bonds is 5. The van der Waals surface area contributed by atoms with Gasteiger partial charge in [0, 0.05) is 33.7 Å². The smallest absolute Gasteiger partial charge is 0.274 e. The number of nitrogens with zero attached hydrogens (tertiary/aromatic N) is 3. The van der Waals surface area contributed by atoms with E-state index in [1.54, 1.807) is 42.6 Å². The molecule has 0 bridgehead atoms. The Morgan fingerprint density at radius 3 is 2.26 bits per heavy atom. The summed E-state index contributed by atoms with van der Waals surface area (Å²) < 4.78 is 5.95. The average Bonchev–Trinajstić information content (AvgIpc) is 3.63. The Balaban J connectivity index is 1.30. The molecule has 1 N–H and O–H groups in total. The molecule has 2 heterocycles. The lowest BCUT2D eigenvalue weighted by Crippen LogP contribution is -2.27. The minimum absolute atomic E-state index is 0.122. The van der Waals surface area contributed by atoms with Crippen LogP contribution in [0.3, 0.4) is 0 Å². The molecule has 6 rings (SSSR count). The van der Waals surface area contributed by atoms with Crippen LogP contribution in [-0.4, -0.2) is 26.7 Å². The van der Waals surface area contributed by atoms with Crippen LogP contribution in [0.1, 0.15) is 33.9 Å². The number of oxazole rings is 1. The average molecular weight is 520 g/mol. The lowest BCUT2D eigenvalue weighted by Gasteiger charge is -2.22. The van der Waals surface area contributed by atoms with Crippen LogP contribution in [0, 0.1) is 0 Å². The number of phenols is 1. The van der Waals surface area contributed by atoms with Crippen molar-refractivity contribution in [2.24, 2.45) is 5.10 Å². The predicted octanol–water partition coefficient (Wildman–Crippen LogP) is 7.36. The second kappa shape index (κ2) is 10.00. The summed E-state index contributed by atoms with van der Waals surface area (Å²) in [4.78, 5) is 18.1. The fraction of sp³-hybridized carbons (Fsp3) is 0.0645. The van der Waals surface area contributed by atoms with Gasteiger partial charge in [-0.15, -0.1) is 0 Å². The van der Waals surface area contributed by atoms with E-state index < -0.39 is 6.04 Å². The van der Waals surface area contributed by atoms with Gasteiger partial charge in [0.25, 0.3) is 5.91 Å². The molecule has 38 heavy (non-hydrogen) atoms. The molecule has 4 aromatic carbocycles. The lowest BCUT2D eigenvalue weighted by atomic mass is 9.97. The first-order valence-electron chi connectivity index (χ1n) is 12.1. The topological polar surface area (TPSA) is 78.9 Å². The molecule has 0 spiro atoms. The molecule has 1 aliphatic rings. The van der Waals surface area contributed by atoms with Gasteiger partial charge in [0.2, 0.25) is 5.89 Å². The molecule has 1 amide bonds. The molecular weight excluding hydrogens is 498 g/mol. The first-order chi connectivity index (χ1) is 18.6. The number of carbonyl (C=O) groups is 1. The maximum atomic E-state index is 13.7. The van der Waals surface area contributed by atoms with Crippen LogP contribution in [0.25, 0.3) is 22.8 Å². The van der Waals surface area contributed by atoms with Gasteiger partial charge in [0.1, 0.15) is 5.75 Å². The second-order valence-electron chi connectivity index (χ2n) is 8.96. The van der Waals surface area contributed by atoms with Crippen molar-refractivity contribution in [3.8, 4) is 28.5 Å². The highest BCUT2D eigenvalue weighted by molar-refractivity contribution is 6.30. The minimum Gasteiger partial charge on any atom is -0.508 e. The summed E-state index contributed by atoms with van der Waals surface area (Å²) in [7, 11) is 0. The normalized spacial score (nSPS) is 14.9. The fourth-order valence-corrected chi connectivity index (χ4v) is 4.68. The number of carbonyl (C=O) groups excluding carboxylic acids is 1. The van der Waals surface area contributed by atoms with Gasteiger partial charge in [0.05, 0.1) is 18.0 Å². The third-order valence-corrected chi connectivity index (χ3v) is 6.79. The predicted molar refractivity (Wildman–Crippen MR) is 147 cm³/mol. The molecule has 1 aliphatic heterocycles. The summed E-state index contributed by atoms with van der Waals surface area (Å²) in [6.07, 6.45) is 2.15. The molecule has 6 nitrogen and oxygen atoms in total. The SMILES string of the molecule is O=C(c1ccc(-c2ncc(-c3ccccc3)o2)cc1)N1N=C(c2ccc(Cl)cc2)CC1c1ccccc1O. The Hall–Kier alpha value is -4.68. The monoisotopic (exact) mass is 519 g/mol. The first kappa shape index (κ1) is 23.7. The summed E-state index contributed by atoms with van der Waals surface area (Å²) in [6.45, 7) is 0. The standard InChI is InChI=1S/C31H22ClN3O3/c32-24-16-14-20(15-17-24)26-18-27(25-8-4-5-9-28(25)36)35(34-26)31(37)23-12-10-22(11-13-23)30-33-19-29(38-30)21-6-2-1-3-7-21/h1-17,19,27,36H,18H2. The van der Waals surface area contributed by atoms with Crippen molar-refractivity contribution in [1.29, 1.82) is 0 Å². The Morgan fingerprint density at radius 1 is 0.842 bits per heavy atom. The van der Waals surface area contributed by atoms with Crippen LogP contribution >= 0.6 is 11.6 Å². The molecule has 5 aromatic rings. The number of para-hydroxylation sites is 1. The van der Waals surface area contributed by atoms with Crippen molar-refractivity contribution < 1.29 is 14.3 Å². The van der Waals surface area contributed by atoms with E-state index >= 15 is 0 Å². The molecule has 186 valence electrons. The summed E-state index contributed by atoms with van der Waals surface area (Å²) >= 11 is 6.06. The van der Waals surface area contributed by atoms with Gasteiger partial charge in [-0.2, -0.15) is 5.10 Å². The number of benzene rings is 4. The van der Waals surface area contributed by atoms with E-state index in [1.165, 1.54) is 5.01 Å². The van der Waals surface area contributed by atoms with E-state index in [4.69, 9.17) is 21.1 Å². The van der Waals surface area contributed by atoms with Crippen LogP contribution in [0.4, 0.5) is 0 Å². The Morgan fingerprint density at radius 2 is 1.53 bits per heavy atom. The van der Waals surface area contributed by atoms with Gasteiger partial charge in [-0.1, -0.05) is 72.3 Å². The maximum Gasteiger partial charge on any atom is 0.274 e. The molecule has 1 atom stereocenters. The molecule has 0 saturated heterocycles. The zero-order valence-corrected chi connectivity index (χ0v) is 20.9. The molecular formula is C31H22ClN3O3. The van der Waals surface area contributed by atoms with Crippen molar-refractivity contribution in [2.45, 2.75) is 12.5 Å². The number of hydrogen-bond donors (Lipinski definition) is 1. The number of amides is 1. The van der Waals surface area contributed by atoms with Gasteiger partial charge < -0.3 is 9.52 Å². The largest absolute Gasteiger partial charge is 0.508 e. The quantitative estimate of drug-likeness (QED) is 0.263. The van der Waals surface area contributed by atoms with Crippen LogP contribution in [0.2, 0.25) is 5.02 Å². The molecule has 1 unspecified atom stereocenters. The zero-order chi connectivity index (χ0) is 26.1. The van der Waals surface area contributed by atoms with Crippen molar-refractivity contribution in [1.82, 2.24) is 9.99 Å². The molecule has 1 aromatic heterocycles. The summed E-state index contributed by atoms with van der Waals surface area (Å²) in [5.41, 5.74) is 4.42. The molecule has 0 fully saturated rings. The van der Waals surface area contributed by atoms with E-state index in [1.807, 2.05) is 66.7 Å². The third kappa shape index (κ3) is 4.58. The van der Waals surface area contributed by atoms with E-state index in [-0.39, 0.29) is 11.7 Å². The first-order valence-corrected chi connectivity index (χ1v) is 12.5. The fourth-order valence-electron chi connectivity index (χ4n) is 4.56. The van der Waals surface area contributed by atoms with Gasteiger partial charge in [-0.3, -0.25) is 4.79 Å². The highest BCUT2D eigenvalue weighted by atomic mass is 35.5. The highest BCUT2D eigenvalue weighted by Crippen LogP contribution is 2.38. The van der Waals surface area contributed by atoms with Gasteiger partial charge in [0.15, 0.2) is 5.76 Å². The number of aromatic hydroxyl groups is 1. The summed E-state index contributed by atoms with van der Waals surface area (Å²) in [6, 6.07) is 30.8. The van der Waals surface area contributed by atoms with Crippen molar-refractivity contribution in [2.75, 3.05) is 0 Å². The van der Waals surface area contributed by atoms with E-state index in [2.05, 4.69) is 4.98 Å². The van der Waals surface area contributed by atoms with E-state index in [0.717, 1.165) is 22.4 Å². The highest BCUT2D eigenvalue weighted by Gasteiger charge is 2.35. The Labute approximate surface area is 224 Å². The van der Waals surface area contributed by atoms with Crippen LogP contribution in [0.5, 0.6) is 5.75 Å². The Kier molecular flexibility index (Phi) is 6.23. The molecule has 0 radical (unpaired) electrons. The summed E-state index contributed by atoms with van der Waals surface area (Å²) in [5, 5.41) is 17.3. The van der Waals surface area contributed by atoms with Crippen molar-refractivity contribution >= 4 is 23.2 Å². The zero-order valence-electron chi connectivity index (χ0n) is 20.2. The number of hydrogen-bond acceptors (Lipinski definition) is 5. The van der Waals surface area contributed by atoms with E-state index in [0.29, 0.717) is 34.2 Å². The van der Waals surface area contributed by atoms with Crippen LogP contribution in [-0.2, 0) is 0 Å². The van der Waals surface area contributed by atoms with E-state index in [9.17, 15) is 9.90 Å².